The second-order valence-corrected chi connectivity index (χ2v) is 6.65. The van der Waals surface area contributed by atoms with Crippen molar-refractivity contribution >= 4 is 17.6 Å². The van der Waals surface area contributed by atoms with Crippen molar-refractivity contribution in [3.05, 3.63) is 89.0 Å². The van der Waals surface area contributed by atoms with E-state index in [0.29, 0.717) is 17.7 Å². The van der Waals surface area contributed by atoms with E-state index in [2.05, 4.69) is 5.32 Å². The molecule has 0 saturated carbocycles. The molecule has 0 heterocycles. The molecule has 0 saturated heterocycles. The van der Waals surface area contributed by atoms with Crippen molar-refractivity contribution in [3.8, 4) is 11.1 Å². The molecule has 0 aliphatic heterocycles. The normalized spacial score (nSPS) is 10.4. The lowest BCUT2D eigenvalue weighted by molar-refractivity contribution is 0.0526. The Hall–Kier alpha value is -3.40. The van der Waals surface area contributed by atoms with Crippen molar-refractivity contribution in [2.45, 2.75) is 20.8 Å². The molecule has 142 valence electrons. The van der Waals surface area contributed by atoms with Gasteiger partial charge in [-0.25, -0.2) is 4.79 Å². The van der Waals surface area contributed by atoms with Crippen LogP contribution in [0.4, 0.5) is 5.69 Å². The van der Waals surface area contributed by atoms with Crippen LogP contribution in [-0.4, -0.2) is 18.5 Å². The van der Waals surface area contributed by atoms with Gasteiger partial charge in [0.1, 0.15) is 0 Å². The fourth-order valence-electron chi connectivity index (χ4n) is 3.00. The van der Waals surface area contributed by atoms with Gasteiger partial charge in [-0.15, -0.1) is 0 Å². The summed E-state index contributed by atoms with van der Waals surface area (Å²) in [5.41, 5.74) is 5.91. The van der Waals surface area contributed by atoms with Gasteiger partial charge >= 0.3 is 5.97 Å². The zero-order valence-corrected chi connectivity index (χ0v) is 16.3. The lowest BCUT2D eigenvalue weighted by atomic mass is 9.98. The number of nitrogens with one attached hydrogen (secondary N) is 1. The van der Waals surface area contributed by atoms with E-state index in [-0.39, 0.29) is 11.9 Å². The topological polar surface area (TPSA) is 55.4 Å². The van der Waals surface area contributed by atoms with Crippen molar-refractivity contribution in [2.75, 3.05) is 11.9 Å². The first kappa shape index (κ1) is 19.4. The first-order valence-corrected chi connectivity index (χ1v) is 9.24. The highest BCUT2D eigenvalue weighted by Crippen LogP contribution is 2.27. The average Bonchev–Trinajstić information content (AvgIpc) is 2.68. The zero-order valence-electron chi connectivity index (χ0n) is 16.3. The predicted molar refractivity (Wildman–Crippen MR) is 112 cm³/mol. The summed E-state index contributed by atoms with van der Waals surface area (Å²) < 4.78 is 5.05. The van der Waals surface area contributed by atoms with Gasteiger partial charge in [0.2, 0.25) is 0 Å². The van der Waals surface area contributed by atoms with E-state index in [1.165, 1.54) is 0 Å². The maximum Gasteiger partial charge on any atom is 0.338 e. The van der Waals surface area contributed by atoms with Crippen LogP contribution in [0.2, 0.25) is 0 Å². The molecule has 0 unspecified atom stereocenters. The number of amides is 1. The molecule has 3 aromatic carbocycles. The average molecular weight is 373 g/mol. The fourth-order valence-corrected chi connectivity index (χ4v) is 3.00. The Balaban J connectivity index is 1.82. The van der Waals surface area contributed by atoms with E-state index >= 15 is 0 Å². The van der Waals surface area contributed by atoms with Crippen LogP contribution in [0.15, 0.2) is 66.7 Å². The smallest absolute Gasteiger partial charge is 0.338 e. The molecular weight excluding hydrogens is 350 g/mol. The Morgan fingerprint density at radius 2 is 1.61 bits per heavy atom. The summed E-state index contributed by atoms with van der Waals surface area (Å²) in [7, 11) is 0. The molecule has 28 heavy (non-hydrogen) atoms. The molecule has 0 spiro atoms. The molecule has 0 bridgehead atoms. The molecule has 0 atom stereocenters. The van der Waals surface area contributed by atoms with Crippen molar-refractivity contribution in [1.29, 1.82) is 0 Å². The van der Waals surface area contributed by atoms with E-state index < -0.39 is 0 Å². The van der Waals surface area contributed by atoms with Gasteiger partial charge in [-0.05, 0) is 73.9 Å². The summed E-state index contributed by atoms with van der Waals surface area (Å²) in [5.74, 6) is -0.470. The van der Waals surface area contributed by atoms with Crippen molar-refractivity contribution in [3.63, 3.8) is 0 Å². The SMILES string of the molecule is CCOC(=O)c1ccc(-c2cccc(NC(=O)c3ccc(C)cc3)c2)c(C)c1. The van der Waals surface area contributed by atoms with Gasteiger partial charge in [0, 0.05) is 11.3 Å². The van der Waals surface area contributed by atoms with Gasteiger partial charge in [0.25, 0.3) is 5.91 Å². The molecule has 0 fully saturated rings. The van der Waals surface area contributed by atoms with E-state index in [1.807, 2.05) is 74.5 Å². The fraction of sp³-hybridized carbons (Fsp3) is 0.167. The van der Waals surface area contributed by atoms with Gasteiger partial charge in [-0.2, -0.15) is 0 Å². The number of anilines is 1. The number of benzene rings is 3. The number of hydrogen-bond donors (Lipinski definition) is 1. The summed E-state index contributed by atoms with van der Waals surface area (Å²) in [6.45, 7) is 6.08. The Bertz CT molecular complexity index is 1010. The van der Waals surface area contributed by atoms with Crippen LogP contribution in [0.3, 0.4) is 0 Å². The molecule has 0 radical (unpaired) electrons. The van der Waals surface area contributed by atoms with Crippen molar-refractivity contribution in [2.24, 2.45) is 0 Å². The van der Waals surface area contributed by atoms with Crippen molar-refractivity contribution < 1.29 is 14.3 Å². The Morgan fingerprint density at radius 3 is 2.29 bits per heavy atom. The monoisotopic (exact) mass is 373 g/mol. The predicted octanol–water partition coefficient (Wildman–Crippen LogP) is 5.40. The minimum Gasteiger partial charge on any atom is -0.462 e. The third kappa shape index (κ3) is 4.46. The lowest BCUT2D eigenvalue weighted by Crippen LogP contribution is -2.11. The number of ether oxygens (including phenoxy) is 1. The van der Waals surface area contributed by atoms with Crippen LogP contribution in [0.5, 0.6) is 0 Å². The molecule has 0 aliphatic carbocycles. The molecule has 3 rings (SSSR count). The van der Waals surface area contributed by atoms with Gasteiger partial charge < -0.3 is 10.1 Å². The standard InChI is InChI=1S/C24H23NO3/c1-4-28-24(27)20-12-13-22(17(3)14-20)19-6-5-7-21(15-19)25-23(26)18-10-8-16(2)9-11-18/h5-15H,4H2,1-3H3,(H,25,26). The maximum atomic E-state index is 12.5. The number of aryl methyl sites for hydroxylation is 2. The molecule has 4 nitrogen and oxygen atoms in total. The number of rotatable bonds is 5. The molecule has 4 heteroatoms. The quantitative estimate of drug-likeness (QED) is 0.609. The molecule has 0 aliphatic rings. The van der Waals surface area contributed by atoms with E-state index in [0.717, 1.165) is 27.9 Å². The summed E-state index contributed by atoms with van der Waals surface area (Å²) in [4.78, 5) is 24.4. The third-order valence-corrected chi connectivity index (χ3v) is 4.48. The van der Waals surface area contributed by atoms with Crippen LogP contribution in [0.1, 0.15) is 38.8 Å². The number of hydrogen-bond acceptors (Lipinski definition) is 3. The lowest BCUT2D eigenvalue weighted by Gasteiger charge is -2.11. The summed E-state index contributed by atoms with van der Waals surface area (Å²) in [6.07, 6.45) is 0. The molecule has 3 aromatic rings. The van der Waals surface area contributed by atoms with E-state index in [4.69, 9.17) is 4.74 Å². The minimum atomic E-state index is -0.323. The number of esters is 1. The number of carbonyl (C=O) groups excluding carboxylic acids is 2. The van der Waals surface area contributed by atoms with Gasteiger partial charge in [0.05, 0.1) is 12.2 Å². The summed E-state index contributed by atoms with van der Waals surface area (Å²) in [6, 6.07) is 20.6. The highest BCUT2D eigenvalue weighted by Gasteiger charge is 2.11. The first-order chi connectivity index (χ1) is 13.5. The third-order valence-electron chi connectivity index (χ3n) is 4.48. The van der Waals surface area contributed by atoms with Gasteiger partial charge in [-0.3, -0.25) is 4.79 Å². The van der Waals surface area contributed by atoms with Crippen LogP contribution >= 0.6 is 0 Å². The second kappa shape index (κ2) is 8.53. The van der Waals surface area contributed by atoms with Crippen LogP contribution in [0, 0.1) is 13.8 Å². The van der Waals surface area contributed by atoms with E-state index in [9.17, 15) is 9.59 Å². The largest absolute Gasteiger partial charge is 0.462 e. The van der Waals surface area contributed by atoms with E-state index in [1.54, 1.807) is 13.0 Å². The summed E-state index contributed by atoms with van der Waals surface area (Å²) in [5, 5.41) is 2.94. The first-order valence-electron chi connectivity index (χ1n) is 9.24. The molecular formula is C24H23NO3. The van der Waals surface area contributed by atoms with Gasteiger partial charge in [0.15, 0.2) is 0 Å². The molecule has 1 amide bonds. The van der Waals surface area contributed by atoms with Gasteiger partial charge in [-0.1, -0.05) is 35.9 Å². The van der Waals surface area contributed by atoms with Crippen LogP contribution in [-0.2, 0) is 4.74 Å². The Labute approximate surface area is 165 Å². The Morgan fingerprint density at radius 1 is 0.893 bits per heavy atom. The minimum absolute atomic E-state index is 0.147. The summed E-state index contributed by atoms with van der Waals surface area (Å²) >= 11 is 0. The zero-order chi connectivity index (χ0) is 20.1. The second-order valence-electron chi connectivity index (χ2n) is 6.65. The van der Waals surface area contributed by atoms with Crippen LogP contribution < -0.4 is 5.32 Å². The molecule has 1 N–H and O–H groups in total. The molecule has 0 aromatic heterocycles. The van der Waals surface area contributed by atoms with Crippen LogP contribution in [0.25, 0.3) is 11.1 Å². The van der Waals surface area contributed by atoms with Crippen molar-refractivity contribution in [1.82, 2.24) is 0 Å². The number of carbonyl (C=O) groups is 2. The Kier molecular flexibility index (Phi) is 5.90. The maximum absolute atomic E-state index is 12.5. The highest BCUT2D eigenvalue weighted by atomic mass is 16.5. The highest BCUT2D eigenvalue weighted by molar-refractivity contribution is 6.04.